The molecule has 1 aromatic heterocycles. The second kappa shape index (κ2) is 11.1. The van der Waals surface area contributed by atoms with Crippen LogP contribution in [-0.4, -0.2) is 23.6 Å². The monoisotopic (exact) mass is 513 g/mol. The molecule has 2 aromatic carbocycles. The smallest absolute Gasteiger partial charge is 0.250 e. The zero-order chi connectivity index (χ0) is 24.1. The Hall–Kier alpha value is -2.80. The second-order valence-electron chi connectivity index (χ2n) is 8.19. The third-order valence-electron chi connectivity index (χ3n) is 5.72. The van der Waals surface area contributed by atoms with Gasteiger partial charge in [-0.05, 0) is 99.1 Å². The molecule has 2 N–H and O–H groups in total. The molecule has 1 saturated heterocycles. The molecule has 1 atom stereocenters. The van der Waals surface area contributed by atoms with E-state index in [4.69, 9.17) is 39.8 Å². The van der Waals surface area contributed by atoms with E-state index in [2.05, 4.69) is 34.6 Å². The molecule has 0 aliphatic carbocycles. The number of halogens is 2. The lowest BCUT2D eigenvalue weighted by Gasteiger charge is -2.35. The number of benzene rings is 2. The van der Waals surface area contributed by atoms with E-state index in [1.54, 1.807) is 36.4 Å². The summed E-state index contributed by atoms with van der Waals surface area (Å²) in [6.45, 7) is 3.35. The van der Waals surface area contributed by atoms with Crippen LogP contribution in [0.3, 0.4) is 0 Å². The molecule has 1 fully saturated rings. The number of carbonyl (C=O) groups excluding carboxylic acids is 1. The van der Waals surface area contributed by atoms with Gasteiger partial charge in [-0.2, -0.15) is 0 Å². The molecule has 2 heterocycles. The van der Waals surface area contributed by atoms with E-state index in [0.717, 1.165) is 17.8 Å². The molecule has 5 nitrogen and oxygen atoms in total. The van der Waals surface area contributed by atoms with Gasteiger partial charge in [0.05, 0.1) is 5.02 Å². The molecule has 0 spiro atoms. The molecule has 34 heavy (non-hydrogen) atoms. The Balaban J connectivity index is 1.30. The summed E-state index contributed by atoms with van der Waals surface area (Å²) in [5.74, 6) is 0.734. The summed E-state index contributed by atoms with van der Waals surface area (Å²) in [4.78, 5) is 14.7. The summed E-state index contributed by atoms with van der Waals surface area (Å²) in [6, 6.07) is 17.4. The Bertz CT molecular complexity index is 1210. The normalized spacial score (nSPS) is 16.0. The second-order valence-corrected chi connectivity index (χ2v) is 9.44. The number of carbonyl (C=O) groups is 1. The lowest BCUT2D eigenvalue weighted by atomic mass is 10.0. The number of amides is 1. The highest BCUT2D eigenvalue weighted by Gasteiger charge is 2.18. The standard InChI is InChI=1S/C26H25Cl2N3O2S/c1-17-4-2-3-15-31(17)20-8-6-19(7-9-20)29-26(34)30-25(32)14-11-21-10-13-24(33-21)22-12-5-18(27)16-23(22)28/h5-14,16-17H,2-4,15H2,1H3,(H2,29,30,32,34)/b14-11+/t17-/m1/s1. The van der Waals surface area contributed by atoms with Crippen molar-refractivity contribution in [3.05, 3.63) is 76.5 Å². The van der Waals surface area contributed by atoms with Crippen LogP contribution in [0.15, 0.2) is 65.1 Å². The Morgan fingerprint density at radius 3 is 2.65 bits per heavy atom. The molecule has 0 bridgehead atoms. The van der Waals surface area contributed by atoms with Crippen molar-refractivity contribution in [2.75, 3.05) is 16.8 Å². The molecule has 1 amide bonds. The van der Waals surface area contributed by atoms with Gasteiger partial charge >= 0.3 is 0 Å². The van der Waals surface area contributed by atoms with Crippen LogP contribution in [0.4, 0.5) is 11.4 Å². The van der Waals surface area contributed by atoms with Crippen LogP contribution in [0.2, 0.25) is 10.0 Å². The third kappa shape index (κ3) is 6.20. The highest BCUT2D eigenvalue weighted by molar-refractivity contribution is 7.80. The number of anilines is 2. The first-order valence-electron chi connectivity index (χ1n) is 11.1. The van der Waals surface area contributed by atoms with E-state index in [1.807, 2.05) is 12.1 Å². The molecule has 176 valence electrons. The van der Waals surface area contributed by atoms with Crippen LogP contribution in [0.25, 0.3) is 17.4 Å². The van der Waals surface area contributed by atoms with Crippen LogP contribution in [0.5, 0.6) is 0 Å². The maximum Gasteiger partial charge on any atom is 0.250 e. The predicted octanol–water partition coefficient (Wildman–Crippen LogP) is 7.16. The molecule has 4 rings (SSSR count). The number of nitrogens with zero attached hydrogens (tertiary/aromatic N) is 1. The first-order valence-corrected chi connectivity index (χ1v) is 12.3. The average molecular weight is 514 g/mol. The third-order valence-corrected chi connectivity index (χ3v) is 6.47. The van der Waals surface area contributed by atoms with E-state index in [0.29, 0.717) is 27.6 Å². The molecule has 3 aromatic rings. The van der Waals surface area contributed by atoms with Crippen molar-refractivity contribution in [2.45, 2.75) is 32.2 Å². The number of rotatable bonds is 5. The van der Waals surface area contributed by atoms with E-state index in [9.17, 15) is 4.79 Å². The van der Waals surface area contributed by atoms with Gasteiger partial charge in [0, 0.05) is 40.6 Å². The van der Waals surface area contributed by atoms with Gasteiger partial charge in [-0.1, -0.05) is 23.2 Å². The first kappa shape index (κ1) is 24.3. The van der Waals surface area contributed by atoms with Gasteiger partial charge in [-0.25, -0.2) is 0 Å². The van der Waals surface area contributed by atoms with Crippen LogP contribution in [-0.2, 0) is 4.79 Å². The lowest BCUT2D eigenvalue weighted by Crippen LogP contribution is -2.37. The fraction of sp³-hybridized carbons (Fsp3) is 0.231. The number of hydrogen-bond donors (Lipinski definition) is 2. The Morgan fingerprint density at radius 2 is 1.91 bits per heavy atom. The van der Waals surface area contributed by atoms with Crippen molar-refractivity contribution in [1.82, 2.24) is 5.32 Å². The van der Waals surface area contributed by atoms with Crippen LogP contribution < -0.4 is 15.5 Å². The lowest BCUT2D eigenvalue weighted by molar-refractivity contribution is -0.115. The Kier molecular flexibility index (Phi) is 7.93. The SMILES string of the molecule is C[C@@H]1CCCCN1c1ccc(NC(=S)NC(=O)/C=C/c2ccc(-c3ccc(Cl)cc3Cl)o2)cc1. The molecule has 1 aliphatic rings. The van der Waals surface area contributed by atoms with Gasteiger partial charge in [0.1, 0.15) is 11.5 Å². The summed E-state index contributed by atoms with van der Waals surface area (Å²) in [5.41, 5.74) is 2.74. The largest absolute Gasteiger partial charge is 0.457 e. The minimum absolute atomic E-state index is 0.224. The van der Waals surface area contributed by atoms with Gasteiger partial charge < -0.3 is 14.6 Å². The molecule has 0 saturated carbocycles. The maximum absolute atomic E-state index is 12.3. The average Bonchev–Trinajstić information content (AvgIpc) is 3.27. The first-order chi connectivity index (χ1) is 16.4. The van der Waals surface area contributed by atoms with Gasteiger partial charge in [-0.3, -0.25) is 10.1 Å². The predicted molar refractivity (Wildman–Crippen MR) is 145 cm³/mol. The zero-order valence-corrected chi connectivity index (χ0v) is 21.0. The molecule has 1 aliphatic heterocycles. The minimum atomic E-state index is -0.362. The number of piperidine rings is 1. The Morgan fingerprint density at radius 1 is 1.12 bits per heavy atom. The topological polar surface area (TPSA) is 57.5 Å². The molecular weight excluding hydrogens is 489 g/mol. The van der Waals surface area contributed by atoms with E-state index in [1.165, 1.54) is 31.0 Å². The summed E-state index contributed by atoms with van der Waals surface area (Å²) in [7, 11) is 0. The number of nitrogens with one attached hydrogen (secondary N) is 2. The van der Waals surface area contributed by atoms with Crippen molar-refractivity contribution >= 4 is 63.9 Å². The van der Waals surface area contributed by atoms with Crippen molar-refractivity contribution in [3.63, 3.8) is 0 Å². The minimum Gasteiger partial charge on any atom is -0.457 e. The summed E-state index contributed by atoms with van der Waals surface area (Å²) in [6.07, 6.45) is 6.66. The van der Waals surface area contributed by atoms with Crippen LogP contribution in [0.1, 0.15) is 31.9 Å². The summed E-state index contributed by atoms with van der Waals surface area (Å²) < 4.78 is 5.76. The van der Waals surface area contributed by atoms with Gasteiger partial charge in [0.2, 0.25) is 5.91 Å². The van der Waals surface area contributed by atoms with E-state index < -0.39 is 0 Å². The van der Waals surface area contributed by atoms with Crippen molar-refractivity contribution in [2.24, 2.45) is 0 Å². The van der Waals surface area contributed by atoms with Crippen LogP contribution in [0, 0.1) is 0 Å². The highest BCUT2D eigenvalue weighted by Crippen LogP contribution is 2.31. The number of hydrogen-bond acceptors (Lipinski definition) is 4. The van der Waals surface area contributed by atoms with E-state index >= 15 is 0 Å². The molecule has 8 heteroatoms. The Labute approximate surface area is 214 Å². The van der Waals surface area contributed by atoms with Gasteiger partial charge in [0.25, 0.3) is 0 Å². The van der Waals surface area contributed by atoms with Crippen molar-refractivity contribution in [3.8, 4) is 11.3 Å². The molecule has 0 radical (unpaired) electrons. The highest BCUT2D eigenvalue weighted by atomic mass is 35.5. The zero-order valence-electron chi connectivity index (χ0n) is 18.7. The number of furan rings is 1. The van der Waals surface area contributed by atoms with Gasteiger partial charge in [0.15, 0.2) is 5.11 Å². The molecular formula is C26H25Cl2N3O2S. The fourth-order valence-electron chi connectivity index (χ4n) is 3.97. The van der Waals surface area contributed by atoms with Crippen molar-refractivity contribution < 1.29 is 9.21 Å². The fourth-order valence-corrected chi connectivity index (χ4v) is 4.69. The summed E-state index contributed by atoms with van der Waals surface area (Å²) >= 11 is 17.4. The quantitative estimate of drug-likeness (QED) is 0.280. The van der Waals surface area contributed by atoms with Crippen LogP contribution >= 0.6 is 35.4 Å². The van der Waals surface area contributed by atoms with Crippen molar-refractivity contribution in [1.29, 1.82) is 0 Å². The van der Waals surface area contributed by atoms with E-state index in [-0.39, 0.29) is 11.0 Å². The molecule has 0 unspecified atom stereocenters. The van der Waals surface area contributed by atoms with Gasteiger partial charge in [-0.15, -0.1) is 0 Å². The number of thiocarbonyl (C=S) groups is 1. The maximum atomic E-state index is 12.3. The summed E-state index contributed by atoms with van der Waals surface area (Å²) in [5, 5.41) is 6.96.